The molecule has 0 radical (unpaired) electrons. The van der Waals surface area contributed by atoms with Crippen molar-refractivity contribution in [3.05, 3.63) is 44.1 Å². The van der Waals surface area contributed by atoms with E-state index in [0.717, 1.165) is 19.8 Å². The van der Waals surface area contributed by atoms with E-state index in [-0.39, 0.29) is 0 Å². The van der Waals surface area contributed by atoms with Gasteiger partial charge in [-0.05, 0) is 46.6 Å². The maximum Gasteiger partial charge on any atom is 0.128 e. The van der Waals surface area contributed by atoms with Gasteiger partial charge in [-0.2, -0.15) is 0 Å². The second-order valence-electron chi connectivity index (χ2n) is 4.07. The molecule has 0 saturated carbocycles. The largest absolute Gasteiger partial charge is 0.497 e. The zero-order valence-corrected chi connectivity index (χ0v) is 13.3. The Balaban J connectivity index is 2.43. The molecule has 1 aromatic carbocycles. The topological polar surface area (TPSA) is 38.7 Å². The van der Waals surface area contributed by atoms with Crippen molar-refractivity contribution < 1.29 is 14.6 Å². The predicted molar refractivity (Wildman–Crippen MR) is 80.4 cm³/mol. The summed E-state index contributed by atoms with van der Waals surface area (Å²) in [6, 6.07) is 7.36. The molecule has 0 fully saturated rings. The molecule has 0 aliphatic carbocycles. The van der Waals surface area contributed by atoms with Crippen molar-refractivity contribution in [1.82, 2.24) is 0 Å². The van der Waals surface area contributed by atoms with Gasteiger partial charge in [0, 0.05) is 16.5 Å². The molecule has 3 nitrogen and oxygen atoms in total. The van der Waals surface area contributed by atoms with E-state index in [9.17, 15) is 5.11 Å². The number of thiophene rings is 1. The van der Waals surface area contributed by atoms with Crippen molar-refractivity contribution in [1.29, 1.82) is 0 Å². The first-order chi connectivity index (χ1) is 9.06. The number of methoxy groups -OCH3 is 2. The van der Waals surface area contributed by atoms with Crippen LogP contribution in [0, 0.1) is 6.92 Å². The van der Waals surface area contributed by atoms with Crippen molar-refractivity contribution in [2.45, 2.75) is 13.0 Å². The van der Waals surface area contributed by atoms with Crippen LogP contribution < -0.4 is 9.47 Å². The third kappa shape index (κ3) is 2.94. The number of benzene rings is 1. The van der Waals surface area contributed by atoms with Gasteiger partial charge in [0.2, 0.25) is 0 Å². The Hall–Kier alpha value is -1.04. The Morgan fingerprint density at radius 1 is 1.16 bits per heavy atom. The smallest absolute Gasteiger partial charge is 0.128 e. The lowest BCUT2D eigenvalue weighted by Crippen LogP contribution is -2.03. The first-order valence-electron chi connectivity index (χ1n) is 5.72. The monoisotopic (exact) mass is 342 g/mol. The van der Waals surface area contributed by atoms with Gasteiger partial charge in [-0.15, -0.1) is 11.3 Å². The van der Waals surface area contributed by atoms with E-state index >= 15 is 0 Å². The molecule has 19 heavy (non-hydrogen) atoms. The molecule has 1 aromatic heterocycles. The first-order valence-corrected chi connectivity index (χ1v) is 7.33. The van der Waals surface area contributed by atoms with E-state index in [2.05, 4.69) is 15.9 Å². The molecule has 102 valence electrons. The molecule has 0 saturated heterocycles. The Morgan fingerprint density at radius 3 is 2.42 bits per heavy atom. The number of aliphatic hydroxyl groups excluding tert-OH is 1. The summed E-state index contributed by atoms with van der Waals surface area (Å²) in [6.07, 6.45) is -0.705. The highest BCUT2D eigenvalue weighted by molar-refractivity contribution is 9.11. The van der Waals surface area contributed by atoms with Crippen LogP contribution in [0.15, 0.2) is 28.1 Å². The van der Waals surface area contributed by atoms with E-state index in [0.29, 0.717) is 11.5 Å². The van der Waals surface area contributed by atoms with Crippen LogP contribution in [0.1, 0.15) is 22.1 Å². The van der Waals surface area contributed by atoms with Crippen molar-refractivity contribution >= 4 is 27.3 Å². The Bertz CT molecular complexity index is 580. The van der Waals surface area contributed by atoms with Crippen molar-refractivity contribution in [2.24, 2.45) is 0 Å². The second-order valence-corrected chi connectivity index (χ2v) is 6.71. The molecule has 1 atom stereocenters. The van der Waals surface area contributed by atoms with Gasteiger partial charge in [0.05, 0.1) is 18.0 Å². The van der Waals surface area contributed by atoms with E-state index in [1.807, 2.05) is 25.1 Å². The summed E-state index contributed by atoms with van der Waals surface area (Å²) >= 11 is 5.04. The first kappa shape index (κ1) is 14.4. The molecular weight excluding hydrogens is 328 g/mol. The molecule has 2 aromatic rings. The van der Waals surface area contributed by atoms with E-state index in [1.54, 1.807) is 31.6 Å². The molecule has 0 spiro atoms. The SMILES string of the molecule is COc1ccc(C(O)c2cc(Br)sc2C)c(OC)c1. The number of halogens is 1. The molecule has 0 aliphatic rings. The highest BCUT2D eigenvalue weighted by Crippen LogP contribution is 2.37. The molecule has 0 amide bonds. The summed E-state index contributed by atoms with van der Waals surface area (Å²) in [4.78, 5) is 1.08. The zero-order chi connectivity index (χ0) is 14.0. The van der Waals surface area contributed by atoms with E-state index < -0.39 is 6.10 Å². The Morgan fingerprint density at radius 2 is 1.89 bits per heavy atom. The van der Waals surface area contributed by atoms with Crippen LogP contribution in [0.4, 0.5) is 0 Å². The maximum atomic E-state index is 10.5. The third-order valence-corrected chi connectivity index (χ3v) is 4.53. The van der Waals surface area contributed by atoms with Crippen LogP contribution in [0.25, 0.3) is 0 Å². The van der Waals surface area contributed by atoms with Crippen LogP contribution >= 0.6 is 27.3 Å². The van der Waals surface area contributed by atoms with Crippen molar-refractivity contribution in [2.75, 3.05) is 14.2 Å². The van der Waals surface area contributed by atoms with E-state index in [1.165, 1.54) is 0 Å². The Labute approximate surface area is 124 Å². The lowest BCUT2D eigenvalue weighted by atomic mass is 10.0. The Kier molecular flexibility index (Phi) is 4.50. The lowest BCUT2D eigenvalue weighted by molar-refractivity contribution is 0.214. The number of aliphatic hydroxyl groups is 1. The summed E-state index contributed by atoms with van der Waals surface area (Å²) in [5.74, 6) is 1.32. The normalized spacial score (nSPS) is 12.3. The minimum atomic E-state index is -0.705. The molecule has 1 unspecified atom stereocenters. The lowest BCUT2D eigenvalue weighted by Gasteiger charge is -2.15. The molecule has 0 bridgehead atoms. The predicted octanol–water partition coefficient (Wildman–Crippen LogP) is 3.92. The van der Waals surface area contributed by atoms with Gasteiger partial charge in [0.1, 0.15) is 17.6 Å². The van der Waals surface area contributed by atoms with Crippen molar-refractivity contribution in [3.8, 4) is 11.5 Å². The highest BCUT2D eigenvalue weighted by atomic mass is 79.9. The molecular formula is C14H15BrO3S. The van der Waals surface area contributed by atoms with Gasteiger partial charge in [-0.25, -0.2) is 0 Å². The maximum absolute atomic E-state index is 10.5. The fourth-order valence-electron chi connectivity index (χ4n) is 1.94. The standard InChI is InChI=1S/C14H15BrO3S/c1-8-11(7-13(15)19-8)14(16)10-5-4-9(17-2)6-12(10)18-3/h4-7,14,16H,1-3H3. The van der Waals surface area contributed by atoms with Crippen molar-refractivity contribution in [3.63, 3.8) is 0 Å². The van der Waals surface area contributed by atoms with Crippen LogP contribution in [0.3, 0.4) is 0 Å². The number of aryl methyl sites for hydroxylation is 1. The summed E-state index contributed by atoms with van der Waals surface area (Å²) in [5, 5.41) is 10.5. The highest BCUT2D eigenvalue weighted by Gasteiger charge is 2.19. The number of ether oxygens (including phenoxy) is 2. The number of hydrogen-bond donors (Lipinski definition) is 1. The van der Waals surface area contributed by atoms with Crippen LogP contribution in [-0.4, -0.2) is 19.3 Å². The van der Waals surface area contributed by atoms with E-state index in [4.69, 9.17) is 9.47 Å². The minimum Gasteiger partial charge on any atom is -0.497 e. The molecule has 2 rings (SSSR count). The van der Waals surface area contributed by atoms with Gasteiger partial charge < -0.3 is 14.6 Å². The molecule has 1 N–H and O–H groups in total. The second kappa shape index (κ2) is 5.94. The molecule has 0 aliphatic heterocycles. The van der Waals surface area contributed by atoms with Gasteiger partial charge in [0.25, 0.3) is 0 Å². The molecule has 5 heteroatoms. The third-order valence-electron chi connectivity index (χ3n) is 2.96. The average molecular weight is 343 g/mol. The fraction of sp³-hybridized carbons (Fsp3) is 0.286. The summed E-state index contributed by atoms with van der Waals surface area (Å²) in [6.45, 7) is 1.99. The van der Waals surface area contributed by atoms with Crippen LogP contribution in [-0.2, 0) is 0 Å². The van der Waals surface area contributed by atoms with Crippen LogP contribution in [0.2, 0.25) is 0 Å². The van der Waals surface area contributed by atoms with Gasteiger partial charge in [-0.1, -0.05) is 0 Å². The van der Waals surface area contributed by atoms with Gasteiger partial charge >= 0.3 is 0 Å². The summed E-state index contributed by atoms with van der Waals surface area (Å²) < 4.78 is 11.5. The molecule has 1 heterocycles. The quantitative estimate of drug-likeness (QED) is 0.915. The van der Waals surface area contributed by atoms with Crippen LogP contribution in [0.5, 0.6) is 11.5 Å². The zero-order valence-electron chi connectivity index (χ0n) is 10.9. The average Bonchev–Trinajstić information content (AvgIpc) is 2.76. The van der Waals surface area contributed by atoms with Gasteiger partial charge in [-0.3, -0.25) is 0 Å². The summed E-state index contributed by atoms with van der Waals surface area (Å²) in [5.41, 5.74) is 1.62. The number of hydrogen-bond acceptors (Lipinski definition) is 4. The fourth-order valence-corrected chi connectivity index (χ4v) is 3.68. The van der Waals surface area contributed by atoms with Gasteiger partial charge in [0.15, 0.2) is 0 Å². The minimum absolute atomic E-state index is 0.619. The number of rotatable bonds is 4. The summed E-state index contributed by atoms with van der Waals surface area (Å²) in [7, 11) is 3.19.